The average Bonchev–Trinajstić information content (AvgIpc) is 3.16. The first-order valence-corrected chi connectivity index (χ1v) is 15.8. The molecule has 3 fully saturated rings. The number of aliphatic carboxylic acids is 1. The van der Waals surface area contributed by atoms with E-state index in [-0.39, 0.29) is 35.7 Å². The number of unbranched alkanes of at least 4 members (excludes halogenated alkanes) is 1. The first-order chi connectivity index (χ1) is 17.3. The molecule has 3 aliphatic carbocycles. The Morgan fingerprint density at radius 2 is 1.76 bits per heavy atom. The van der Waals surface area contributed by atoms with Gasteiger partial charge in [-0.25, -0.2) is 5.14 Å². The molecule has 3 saturated carbocycles. The molecule has 6 N–H and O–H groups in total. The molecule has 0 spiro atoms. The van der Waals surface area contributed by atoms with E-state index in [1.807, 2.05) is 0 Å². The standard InChI is InChI=1S/C27H50N4O5S/c1-26(2)21-14-15-27(26,3)23(17-21)30-24(32)22(13-12-19-9-5-4-6-10-19)31(37(29,35)36)18-20(25(33)34)11-7-8-16-28/h19-23H,4-18,28H2,1-3H3,(H,30,32)(H,33,34)(H2,29,35,36)/t20-,21+,22-,23-,27-/m0/s1. The third kappa shape index (κ3) is 6.86. The van der Waals surface area contributed by atoms with Gasteiger partial charge in [-0.1, -0.05) is 59.3 Å². The van der Waals surface area contributed by atoms with Crippen LogP contribution in [0.3, 0.4) is 0 Å². The highest BCUT2D eigenvalue weighted by molar-refractivity contribution is 7.86. The zero-order valence-corrected chi connectivity index (χ0v) is 23.9. The van der Waals surface area contributed by atoms with Gasteiger partial charge in [0.15, 0.2) is 0 Å². The van der Waals surface area contributed by atoms with Gasteiger partial charge in [0, 0.05) is 12.6 Å². The number of carboxylic acids is 1. The van der Waals surface area contributed by atoms with Crippen molar-refractivity contribution < 1.29 is 23.1 Å². The predicted molar refractivity (Wildman–Crippen MR) is 145 cm³/mol. The van der Waals surface area contributed by atoms with Crippen molar-refractivity contribution in [1.82, 2.24) is 9.62 Å². The Balaban J connectivity index is 1.83. The van der Waals surface area contributed by atoms with Crippen LogP contribution in [-0.4, -0.2) is 54.9 Å². The summed E-state index contributed by atoms with van der Waals surface area (Å²) in [5, 5.41) is 18.8. The van der Waals surface area contributed by atoms with Crippen molar-refractivity contribution in [2.45, 2.75) is 116 Å². The van der Waals surface area contributed by atoms with Crippen molar-refractivity contribution in [1.29, 1.82) is 0 Å². The number of carboxylic acid groups (broad SMARTS) is 1. The van der Waals surface area contributed by atoms with Gasteiger partial charge in [-0.15, -0.1) is 0 Å². The van der Waals surface area contributed by atoms with Gasteiger partial charge in [-0.2, -0.15) is 12.7 Å². The number of carbonyl (C=O) groups excluding carboxylic acids is 1. The maximum Gasteiger partial charge on any atom is 0.307 e. The predicted octanol–water partition coefficient (Wildman–Crippen LogP) is 3.38. The van der Waals surface area contributed by atoms with E-state index in [1.54, 1.807) is 0 Å². The topological polar surface area (TPSA) is 156 Å². The van der Waals surface area contributed by atoms with Gasteiger partial charge in [0.25, 0.3) is 10.2 Å². The quantitative estimate of drug-likeness (QED) is 0.247. The van der Waals surface area contributed by atoms with Crippen molar-refractivity contribution in [3.8, 4) is 0 Å². The van der Waals surface area contributed by atoms with E-state index >= 15 is 0 Å². The van der Waals surface area contributed by atoms with Crippen LogP contribution in [0.25, 0.3) is 0 Å². The van der Waals surface area contributed by atoms with Crippen LogP contribution < -0.4 is 16.2 Å². The second-order valence-corrected chi connectivity index (χ2v) is 14.2. The summed E-state index contributed by atoms with van der Waals surface area (Å²) < 4.78 is 26.7. The number of rotatable bonds is 14. The van der Waals surface area contributed by atoms with Gasteiger partial charge in [-0.05, 0) is 74.2 Å². The summed E-state index contributed by atoms with van der Waals surface area (Å²) in [4.78, 5) is 25.9. The number of hydrogen-bond acceptors (Lipinski definition) is 5. The molecule has 9 nitrogen and oxygen atoms in total. The van der Waals surface area contributed by atoms with E-state index < -0.39 is 28.1 Å². The first kappa shape index (κ1) is 30.3. The Labute approximate surface area is 223 Å². The molecular formula is C27H50N4O5S. The summed E-state index contributed by atoms with van der Waals surface area (Å²) in [7, 11) is -4.32. The van der Waals surface area contributed by atoms with Gasteiger partial charge in [0.2, 0.25) is 5.91 Å². The average molecular weight is 543 g/mol. The summed E-state index contributed by atoms with van der Waals surface area (Å²) in [5.41, 5.74) is 5.61. The molecule has 2 bridgehead atoms. The number of nitrogens with one attached hydrogen (secondary N) is 1. The maximum absolute atomic E-state index is 13.9. The SMILES string of the molecule is CC1(C)[C@@H]2CC[C@@]1(C)[C@@H](NC(=O)[C@H](CCC1CCCCC1)N(C[C@H](CCCCN)C(=O)O)S(N)(=O)=O)C2. The third-order valence-electron chi connectivity index (χ3n) is 10.4. The first-order valence-electron chi connectivity index (χ1n) is 14.3. The van der Waals surface area contributed by atoms with Crippen LogP contribution in [0, 0.1) is 28.6 Å². The number of nitrogens with zero attached hydrogens (tertiary/aromatic N) is 1. The van der Waals surface area contributed by atoms with Crippen LogP contribution in [0.2, 0.25) is 0 Å². The largest absolute Gasteiger partial charge is 0.481 e. The molecule has 37 heavy (non-hydrogen) atoms. The van der Waals surface area contributed by atoms with Crippen molar-refractivity contribution in [3.05, 3.63) is 0 Å². The monoisotopic (exact) mass is 542 g/mol. The number of fused-ring (bicyclic) bond motifs is 2. The minimum absolute atomic E-state index is 0.0342. The second-order valence-electron chi connectivity index (χ2n) is 12.7. The number of nitrogens with two attached hydrogens (primary N) is 2. The van der Waals surface area contributed by atoms with Gasteiger partial charge in [0.05, 0.1) is 5.92 Å². The fourth-order valence-electron chi connectivity index (χ4n) is 7.42. The highest BCUT2D eigenvalue weighted by Gasteiger charge is 2.61. The van der Waals surface area contributed by atoms with Crippen molar-refractivity contribution in [2.24, 2.45) is 39.5 Å². The molecule has 3 aliphatic rings. The number of hydrogen-bond donors (Lipinski definition) is 4. The smallest absolute Gasteiger partial charge is 0.307 e. The number of amides is 1. The van der Waals surface area contributed by atoms with E-state index in [0.717, 1.165) is 55.7 Å². The van der Waals surface area contributed by atoms with E-state index in [4.69, 9.17) is 10.9 Å². The lowest BCUT2D eigenvalue weighted by atomic mass is 9.69. The Hall–Kier alpha value is -1.23. The fourth-order valence-corrected chi connectivity index (χ4v) is 8.36. The van der Waals surface area contributed by atoms with E-state index in [0.29, 0.717) is 37.6 Å². The van der Waals surface area contributed by atoms with Gasteiger partial charge >= 0.3 is 5.97 Å². The van der Waals surface area contributed by atoms with Crippen LogP contribution in [0.5, 0.6) is 0 Å². The lowest BCUT2D eigenvalue weighted by molar-refractivity contribution is -0.143. The lowest BCUT2D eigenvalue weighted by Gasteiger charge is -2.40. The fraction of sp³-hybridized carbons (Fsp3) is 0.926. The molecule has 0 saturated heterocycles. The van der Waals surface area contributed by atoms with Crippen LogP contribution in [0.15, 0.2) is 0 Å². The molecule has 214 valence electrons. The molecule has 10 heteroatoms. The Morgan fingerprint density at radius 1 is 1.08 bits per heavy atom. The summed E-state index contributed by atoms with van der Waals surface area (Å²) >= 11 is 0. The Morgan fingerprint density at radius 3 is 2.27 bits per heavy atom. The van der Waals surface area contributed by atoms with Crippen LogP contribution >= 0.6 is 0 Å². The van der Waals surface area contributed by atoms with Gasteiger partial charge in [-0.3, -0.25) is 9.59 Å². The summed E-state index contributed by atoms with van der Waals surface area (Å²) in [6.45, 7) is 6.91. The van der Waals surface area contributed by atoms with Crippen molar-refractivity contribution >= 4 is 22.1 Å². The molecule has 0 unspecified atom stereocenters. The molecule has 0 heterocycles. The van der Waals surface area contributed by atoms with Crippen LogP contribution in [0.1, 0.15) is 104 Å². The molecule has 0 aromatic heterocycles. The highest BCUT2D eigenvalue weighted by atomic mass is 32.2. The van der Waals surface area contributed by atoms with E-state index in [1.165, 1.54) is 6.42 Å². The second kappa shape index (κ2) is 12.3. The van der Waals surface area contributed by atoms with Crippen molar-refractivity contribution in [2.75, 3.05) is 13.1 Å². The van der Waals surface area contributed by atoms with Crippen molar-refractivity contribution in [3.63, 3.8) is 0 Å². The van der Waals surface area contributed by atoms with Crippen LogP contribution in [-0.2, 0) is 19.8 Å². The third-order valence-corrected chi connectivity index (χ3v) is 11.5. The Bertz CT molecular complexity index is 904. The van der Waals surface area contributed by atoms with E-state index in [2.05, 4.69) is 26.1 Å². The molecule has 0 aromatic carbocycles. The van der Waals surface area contributed by atoms with Gasteiger partial charge in [0.1, 0.15) is 6.04 Å². The number of carbonyl (C=O) groups is 2. The van der Waals surface area contributed by atoms with E-state index in [9.17, 15) is 23.1 Å². The Kier molecular flexibility index (Phi) is 10.1. The normalized spacial score (nSPS) is 29.4. The lowest BCUT2D eigenvalue weighted by Crippen LogP contribution is -2.57. The molecule has 3 rings (SSSR count). The molecular weight excluding hydrogens is 492 g/mol. The zero-order valence-electron chi connectivity index (χ0n) is 23.1. The zero-order chi connectivity index (χ0) is 27.4. The summed E-state index contributed by atoms with van der Waals surface area (Å²) in [5.74, 6) is -1.40. The molecule has 0 aliphatic heterocycles. The maximum atomic E-state index is 13.9. The summed E-state index contributed by atoms with van der Waals surface area (Å²) in [6, 6.07) is -1.05. The van der Waals surface area contributed by atoms with Gasteiger partial charge < -0.3 is 16.2 Å². The molecule has 0 radical (unpaired) electrons. The minimum atomic E-state index is -4.32. The minimum Gasteiger partial charge on any atom is -0.481 e. The molecule has 0 aromatic rings. The summed E-state index contributed by atoms with van der Waals surface area (Å²) in [6.07, 6.45) is 11.3. The molecule has 5 atom stereocenters. The molecule has 1 amide bonds. The van der Waals surface area contributed by atoms with Crippen LogP contribution in [0.4, 0.5) is 0 Å². The highest BCUT2D eigenvalue weighted by Crippen LogP contribution is 2.65.